The number of H-pyrrole nitrogens is 1. The molecule has 2 N–H and O–H groups in total. The maximum atomic E-state index is 4.19. The highest BCUT2D eigenvalue weighted by atomic mass is 15.0. The largest absolute Gasteiger partial charge is 0.345 e. The van der Waals surface area contributed by atoms with Crippen LogP contribution < -0.4 is 5.32 Å². The molecule has 3 nitrogen and oxygen atoms in total. The molecule has 0 aromatic carbocycles. The molecule has 1 aliphatic rings. The molecule has 2 rings (SSSR count). The van der Waals surface area contributed by atoms with E-state index in [1.165, 1.54) is 31.4 Å². The minimum atomic E-state index is 0.606. The maximum Gasteiger partial charge on any atom is 0.103 e. The molecule has 0 radical (unpaired) electrons. The van der Waals surface area contributed by atoms with E-state index in [4.69, 9.17) is 0 Å². The Bertz CT molecular complexity index is 307. The van der Waals surface area contributed by atoms with E-state index in [2.05, 4.69) is 22.2 Å². The molecule has 1 aromatic heterocycles. The third-order valence-corrected chi connectivity index (χ3v) is 3.74. The Morgan fingerprint density at radius 1 is 1.53 bits per heavy atom. The van der Waals surface area contributed by atoms with Gasteiger partial charge in [0.15, 0.2) is 0 Å². The molecule has 15 heavy (non-hydrogen) atoms. The van der Waals surface area contributed by atoms with Crippen LogP contribution in [0.5, 0.6) is 0 Å². The fourth-order valence-corrected chi connectivity index (χ4v) is 2.36. The molecule has 0 bridgehead atoms. The highest BCUT2D eigenvalue weighted by Crippen LogP contribution is 2.43. The number of aryl methyl sites for hydroxylation is 1. The highest BCUT2D eigenvalue weighted by molar-refractivity contribution is 4.99. The molecule has 0 amide bonds. The summed E-state index contributed by atoms with van der Waals surface area (Å²) in [7, 11) is 0. The first-order valence-corrected chi connectivity index (χ1v) is 5.95. The van der Waals surface area contributed by atoms with E-state index in [0.717, 1.165) is 18.9 Å². The number of nitrogens with zero attached hydrogens (tertiary/aromatic N) is 1. The van der Waals surface area contributed by atoms with E-state index >= 15 is 0 Å². The van der Waals surface area contributed by atoms with Gasteiger partial charge in [0, 0.05) is 25.0 Å². The molecule has 1 saturated carbocycles. The van der Waals surface area contributed by atoms with Gasteiger partial charge < -0.3 is 10.3 Å². The number of nitrogens with one attached hydrogen (secondary N) is 2. The van der Waals surface area contributed by atoms with Crippen LogP contribution in [0.1, 0.15) is 44.1 Å². The lowest BCUT2D eigenvalue weighted by Crippen LogP contribution is -2.39. The molecule has 0 aliphatic heterocycles. The van der Waals surface area contributed by atoms with Crippen LogP contribution in [-0.2, 0) is 6.54 Å². The zero-order chi connectivity index (χ0) is 10.7. The third kappa shape index (κ3) is 2.40. The lowest BCUT2D eigenvalue weighted by Gasteiger charge is -2.41. The Morgan fingerprint density at radius 2 is 2.33 bits per heavy atom. The van der Waals surface area contributed by atoms with Crippen molar-refractivity contribution in [2.45, 2.75) is 46.1 Å². The summed E-state index contributed by atoms with van der Waals surface area (Å²) < 4.78 is 0. The molecule has 0 unspecified atom stereocenters. The summed E-state index contributed by atoms with van der Waals surface area (Å²) in [5, 5.41) is 3.54. The van der Waals surface area contributed by atoms with Gasteiger partial charge >= 0.3 is 0 Å². The molecule has 1 fully saturated rings. The summed E-state index contributed by atoms with van der Waals surface area (Å²) in [5.41, 5.74) is 1.80. The summed E-state index contributed by atoms with van der Waals surface area (Å²) >= 11 is 0. The van der Waals surface area contributed by atoms with E-state index in [-0.39, 0.29) is 0 Å². The first kappa shape index (κ1) is 10.7. The maximum absolute atomic E-state index is 4.19. The van der Waals surface area contributed by atoms with Crippen LogP contribution in [0, 0.1) is 12.3 Å². The van der Waals surface area contributed by atoms with Gasteiger partial charge in [0.1, 0.15) is 5.82 Å². The smallest absolute Gasteiger partial charge is 0.103 e. The third-order valence-electron chi connectivity index (χ3n) is 3.74. The van der Waals surface area contributed by atoms with E-state index in [1.54, 1.807) is 0 Å². The first-order chi connectivity index (χ1) is 7.24. The van der Waals surface area contributed by atoms with Gasteiger partial charge in [0.25, 0.3) is 0 Å². The van der Waals surface area contributed by atoms with Crippen LogP contribution >= 0.6 is 0 Å². The second kappa shape index (κ2) is 4.35. The number of rotatable bonds is 5. The van der Waals surface area contributed by atoms with Gasteiger partial charge in [0.05, 0.1) is 0 Å². The van der Waals surface area contributed by atoms with Crippen molar-refractivity contribution in [3.63, 3.8) is 0 Å². The zero-order valence-corrected chi connectivity index (χ0v) is 9.77. The normalized spacial score (nSPS) is 18.8. The molecule has 1 aromatic rings. The molecule has 0 saturated heterocycles. The van der Waals surface area contributed by atoms with Crippen molar-refractivity contribution in [3.8, 4) is 0 Å². The van der Waals surface area contributed by atoms with Gasteiger partial charge in [-0.1, -0.05) is 13.3 Å². The summed E-state index contributed by atoms with van der Waals surface area (Å²) in [6, 6.07) is 0. The zero-order valence-electron chi connectivity index (χ0n) is 9.77. The predicted molar refractivity (Wildman–Crippen MR) is 61.6 cm³/mol. The average Bonchev–Trinajstić information content (AvgIpc) is 2.56. The fourth-order valence-electron chi connectivity index (χ4n) is 2.36. The van der Waals surface area contributed by atoms with Gasteiger partial charge in [-0.15, -0.1) is 0 Å². The van der Waals surface area contributed by atoms with Gasteiger partial charge in [-0.3, -0.25) is 0 Å². The second-order valence-electron chi connectivity index (χ2n) is 4.80. The molecule has 1 heterocycles. The van der Waals surface area contributed by atoms with Crippen LogP contribution in [0.15, 0.2) is 6.20 Å². The Balaban J connectivity index is 1.74. The average molecular weight is 207 g/mol. The fraction of sp³-hybridized carbons (Fsp3) is 0.750. The Labute approximate surface area is 91.7 Å². The van der Waals surface area contributed by atoms with Crippen molar-refractivity contribution in [2.75, 3.05) is 6.54 Å². The molecular formula is C12H21N3. The van der Waals surface area contributed by atoms with Crippen molar-refractivity contribution < 1.29 is 0 Å². The van der Waals surface area contributed by atoms with Crippen molar-refractivity contribution in [3.05, 3.63) is 17.7 Å². The van der Waals surface area contributed by atoms with Gasteiger partial charge in [-0.25, -0.2) is 4.98 Å². The Morgan fingerprint density at radius 3 is 2.80 bits per heavy atom. The van der Waals surface area contributed by atoms with E-state index in [1.807, 2.05) is 13.1 Å². The second-order valence-corrected chi connectivity index (χ2v) is 4.80. The quantitative estimate of drug-likeness (QED) is 0.778. The van der Waals surface area contributed by atoms with Gasteiger partial charge in [-0.05, 0) is 31.6 Å². The Hall–Kier alpha value is -0.830. The van der Waals surface area contributed by atoms with E-state index in [9.17, 15) is 0 Å². The monoisotopic (exact) mass is 207 g/mol. The van der Waals surface area contributed by atoms with Crippen LogP contribution in [0.2, 0.25) is 0 Å². The van der Waals surface area contributed by atoms with Crippen molar-refractivity contribution >= 4 is 0 Å². The van der Waals surface area contributed by atoms with Gasteiger partial charge in [-0.2, -0.15) is 0 Å². The standard InChI is InChI=1S/C12H21N3/c1-3-12(5-4-6-12)9-13-7-11-8-14-10(2)15-11/h8,13H,3-7,9H2,1-2H3,(H,14,15). The van der Waals surface area contributed by atoms with Crippen LogP contribution in [0.25, 0.3) is 0 Å². The lowest BCUT2D eigenvalue weighted by molar-refractivity contribution is 0.123. The Kier molecular flexibility index (Phi) is 3.10. The highest BCUT2D eigenvalue weighted by Gasteiger charge is 2.34. The number of aromatic amines is 1. The number of hydrogen-bond acceptors (Lipinski definition) is 2. The first-order valence-electron chi connectivity index (χ1n) is 5.95. The summed E-state index contributed by atoms with van der Waals surface area (Å²) in [5.74, 6) is 1.00. The van der Waals surface area contributed by atoms with Crippen molar-refractivity contribution in [1.82, 2.24) is 15.3 Å². The molecule has 3 heteroatoms. The minimum Gasteiger partial charge on any atom is -0.345 e. The van der Waals surface area contributed by atoms with Gasteiger partial charge in [0.2, 0.25) is 0 Å². The molecule has 0 atom stereocenters. The van der Waals surface area contributed by atoms with E-state index < -0.39 is 0 Å². The summed E-state index contributed by atoms with van der Waals surface area (Å²) in [6.07, 6.45) is 7.44. The van der Waals surface area contributed by atoms with Crippen LogP contribution in [0.3, 0.4) is 0 Å². The molecule has 0 spiro atoms. The predicted octanol–water partition coefficient (Wildman–Crippen LogP) is 2.39. The number of hydrogen-bond donors (Lipinski definition) is 2. The number of imidazole rings is 1. The topological polar surface area (TPSA) is 40.7 Å². The number of aromatic nitrogens is 2. The van der Waals surface area contributed by atoms with Crippen molar-refractivity contribution in [2.24, 2.45) is 5.41 Å². The minimum absolute atomic E-state index is 0.606. The molecule has 84 valence electrons. The van der Waals surface area contributed by atoms with Crippen LogP contribution in [0.4, 0.5) is 0 Å². The molecule has 1 aliphatic carbocycles. The summed E-state index contributed by atoms with van der Waals surface area (Å²) in [6.45, 7) is 6.37. The van der Waals surface area contributed by atoms with E-state index in [0.29, 0.717) is 5.41 Å². The molecular weight excluding hydrogens is 186 g/mol. The SMILES string of the molecule is CCC1(CNCc2cnc(C)[nH]2)CCC1. The van der Waals surface area contributed by atoms with Crippen LogP contribution in [-0.4, -0.2) is 16.5 Å². The summed E-state index contributed by atoms with van der Waals surface area (Å²) in [4.78, 5) is 7.43. The lowest BCUT2D eigenvalue weighted by atomic mass is 9.67. The van der Waals surface area contributed by atoms with Crippen molar-refractivity contribution in [1.29, 1.82) is 0 Å².